The Morgan fingerprint density at radius 1 is 1.18 bits per heavy atom. The van der Waals surface area contributed by atoms with E-state index in [9.17, 15) is 18.8 Å². The molecule has 2 amide bonds. The van der Waals surface area contributed by atoms with Crippen LogP contribution in [0.25, 0.3) is 11.0 Å². The van der Waals surface area contributed by atoms with E-state index < -0.39 is 12.4 Å². The largest absolute Gasteiger partial charge is 0.488 e. The Morgan fingerprint density at radius 3 is 2.44 bits per heavy atom. The molecule has 3 aromatic rings. The number of pyridine rings is 1. The van der Waals surface area contributed by atoms with Gasteiger partial charge in [-0.1, -0.05) is 6.92 Å². The van der Waals surface area contributed by atoms with Gasteiger partial charge in [-0.05, 0) is 69.0 Å². The van der Waals surface area contributed by atoms with Gasteiger partial charge in [-0.25, -0.2) is 9.37 Å². The molecule has 0 spiro atoms. The summed E-state index contributed by atoms with van der Waals surface area (Å²) in [5, 5.41) is 12.8. The first kappa shape index (κ1) is 28.2. The summed E-state index contributed by atoms with van der Waals surface area (Å²) in [7, 11) is 1.77. The lowest BCUT2D eigenvalue weighted by atomic mass is 10.00. The fourth-order valence-corrected chi connectivity index (χ4v) is 5.00. The number of carbonyl (C=O) groups excluding carboxylic acids is 3. The molecule has 2 N–H and O–H groups in total. The standard InChI is InChI=1S/C29H35FN4O5/c1-5-23-19(15-24(36)18-6-8-20(30)9-7-18)14-22-27(39-17(2)3)26(33(4)28(22)32-23)29(38)31-21-10-12-34(13-11-21)25(37)16-35/h6-9,14,17,21,35H,5,10-13,15-16H2,1-4H3,(H,31,38). The predicted octanol–water partition coefficient (Wildman–Crippen LogP) is 3.20. The van der Waals surface area contributed by atoms with Crippen LogP contribution in [0.1, 0.15) is 65.7 Å². The van der Waals surface area contributed by atoms with Crippen LogP contribution in [-0.2, 0) is 24.7 Å². The average Bonchev–Trinajstić information content (AvgIpc) is 3.18. The van der Waals surface area contributed by atoms with Gasteiger partial charge in [-0.3, -0.25) is 14.4 Å². The van der Waals surface area contributed by atoms with Gasteiger partial charge >= 0.3 is 0 Å². The summed E-state index contributed by atoms with van der Waals surface area (Å²) in [5.41, 5.74) is 2.80. The van der Waals surface area contributed by atoms with E-state index in [0.29, 0.717) is 60.4 Å². The van der Waals surface area contributed by atoms with E-state index in [1.54, 1.807) is 16.5 Å². The molecule has 1 aromatic carbocycles. The Hall–Kier alpha value is -3.79. The number of aliphatic hydroxyl groups excluding tert-OH is 1. The zero-order valence-electron chi connectivity index (χ0n) is 22.8. The lowest BCUT2D eigenvalue weighted by Gasteiger charge is -2.32. The summed E-state index contributed by atoms with van der Waals surface area (Å²) in [6.07, 6.45) is 1.61. The third-order valence-electron chi connectivity index (χ3n) is 7.02. The number of ether oxygens (including phenoxy) is 1. The van der Waals surface area contributed by atoms with Crippen LogP contribution >= 0.6 is 0 Å². The number of nitrogens with one attached hydrogen (secondary N) is 1. The van der Waals surface area contributed by atoms with Gasteiger partial charge < -0.3 is 24.6 Å². The highest BCUT2D eigenvalue weighted by Gasteiger charge is 2.29. The van der Waals surface area contributed by atoms with Crippen LogP contribution in [0.4, 0.5) is 4.39 Å². The molecule has 1 aliphatic rings. The lowest BCUT2D eigenvalue weighted by molar-refractivity contribution is -0.135. The SMILES string of the molecule is CCc1nc2c(cc1CC(=O)c1ccc(F)cc1)c(OC(C)C)c(C(=O)NC1CCN(C(=O)CO)CC1)n2C. The van der Waals surface area contributed by atoms with E-state index in [1.807, 2.05) is 26.8 Å². The van der Waals surface area contributed by atoms with Crippen molar-refractivity contribution in [3.8, 4) is 5.75 Å². The molecule has 0 radical (unpaired) electrons. The number of halogens is 1. The van der Waals surface area contributed by atoms with Crippen LogP contribution in [0.15, 0.2) is 30.3 Å². The molecule has 1 saturated heterocycles. The first-order chi connectivity index (χ1) is 18.6. The summed E-state index contributed by atoms with van der Waals surface area (Å²) in [6, 6.07) is 7.21. The number of nitrogens with zero attached hydrogens (tertiary/aromatic N) is 3. The van der Waals surface area contributed by atoms with Crippen LogP contribution in [0.3, 0.4) is 0 Å². The van der Waals surface area contributed by atoms with Gasteiger partial charge in [-0.2, -0.15) is 0 Å². The first-order valence-corrected chi connectivity index (χ1v) is 13.3. The molecule has 10 heteroatoms. The fraction of sp³-hybridized carbons (Fsp3) is 0.448. The molecule has 3 heterocycles. The number of likely N-dealkylation sites (tertiary alicyclic amines) is 1. The summed E-state index contributed by atoms with van der Waals surface area (Å²) in [4.78, 5) is 44.8. The second kappa shape index (κ2) is 11.9. The number of rotatable bonds is 9. The average molecular weight is 539 g/mol. The van der Waals surface area contributed by atoms with Crippen LogP contribution in [0, 0.1) is 5.82 Å². The van der Waals surface area contributed by atoms with Crippen LogP contribution < -0.4 is 10.1 Å². The van der Waals surface area contributed by atoms with E-state index in [1.165, 1.54) is 24.3 Å². The minimum absolute atomic E-state index is 0.0838. The normalized spacial score (nSPS) is 14.2. The maximum absolute atomic E-state index is 13.6. The molecule has 4 rings (SSSR count). The number of ketones is 1. The van der Waals surface area contributed by atoms with Crippen molar-refractivity contribution in [3.05, 3.63) is 58.7 Å². The van der Waals surface area contributed by atoms with Gasteiger partial charge in [-0.15, -0.1) is 0 Å². The number of aryl methyl sites for hydroxylation is 2. The number of aromatic nitrogens is 2. The zero-order chi connectivity index (χ0) is 28.3. The number of hydrogen-bond acceptors (Lipinski definition) is 6. The molecule has 0 atom stereocenters. The number of Topliss-reactive ketones (excluding diaryl/α,β-unsaturated/α-hetero) is 1. The highest BCUT2D eigenvalue weighted by molar-refractivity contribution is 6.04. The highest BCUT2D eigenvalue weighted by Crippen LogP contribution is 2.35. The Bertz CT molecular complexity index is 1370. The second-order valence-corrected chi connectivity index (χ2v) is 10.1. The monoisotopic (exact) mass is 538 g/mol. The number of benzene rings is 1. The Labute approximate surface area is 227 Å². The molecule has 1 aliphatic heterocycles. The molecule has 39 heavy (non-hydrogen) atoms. The minimum atomic E-state index is -0.521. The summed E-state index contributed by atoms with van der Waals surface area (Å²) in [5.74, 6) is -0.776. The molecule has 0 unspecified atom stereocenters. The summed E-state index contributed by atoms with van der Waals surface area (Å²) >= 11 is 0. The Kier molecular flexibility index (Phi) is 8.64. The van der Waals surface area contributed by atoms with Crippen molar-refractivity contribution >= 4 is 28.6 Å². The van der Waals surface area contributed by atoms with Gasteiger partial charge in [0, 0.05) is 43.9 Å². The van der Waals surface area contributed by atoms with Gasteiger partial charge in [0.05, 0.1) is 11.5 Å². The van der Waals surface area contributed by atoms with E-state index >= 15 is 0 Å². The molecule has 1 fully saturated rings. The molecular weight excluding hydrogens is 503 g/mol. The third-order valence-corrected chi connectivity index (χ3v) is 7.02. The predicted molar refractivity (Wildman–Crippen MR) is 144 cm³/mol. The maximum atomic E-state index is 13.6. The van der Waals surface area contributed by atoms with E-state index in [4.69, 9.17) is 14.8 Å². The highest BCUT2D eigenvalue weighted by atomic mass is 19.1. The summed E-state index contributed by atoms with van der Waals surface area (Å²) < 4.78 is 21.2. The van der Waals surface area contributed by atoms with Crippen molar-refractivity contribution in [1.82, 2.24) is 19.8 Å². The second-order valence-electron chi connectivity index (χ2n) is 10.1. The van der Waals surface area contributed by atoms with Crippen LogP contribution in [-0.4, -0.2) is 69.0 Å². The maximum Gasteiger partial charge on any atom is 0.272 e. The molecule has 0 aliphatic carbocycles. The number of fused-ring (bicyclic) bond motifs is 1. The topological polar surface area (TPSA) is 114 Å². The smallest absolute Gasteiger partial charge is 0.272 e. The summed E-state index contributed by atoms with van der Waals surface area (Å²) in [6.45, 7) is 6.11. The molecule has 208 valence electrons. The van der Waals surface area contributed by atoms with E-state index in [2.05, 4.69) is 5.32 Å². The van der Waals surface area contributed by atoms with Crippen molar-refractivity contribution in [2.24, 2.45) is 7.05 Å². The van der Waals surface area contributed by atoms with Crippen molar-refractivity contribution in [2.75, 3.05) is 19.7 Å². The minimum Gasteiger partial charge on any atom is -0.488 e. The zero-order valence-corrected chi connectivity index (χ0v) is 22.8. The van der Waals surface area contributed by atoms with Crippen molar-refractivity contribution in [2.45, 2.75) is 58.6 Å². The van der Waals surface area contributed by atoms with Gasteiger partial charge in [0.2, 0.25) is 5.91 Å². The van der Waals surface area contributed by atoms with Gasteiger partial charge in [0.1, 0.15) is 18.1 Å². The Morgan fingerprint density at radius 2 is 1.85 bits per heavy atom. The number of amides is 2. The van der Waals surface area contributed by atoms with Gasteiger partial charge in [0.25, 0.3) is 5.91 Å². The van der Waals surface area contributed by atoms with E-state index in [-0.39, 0.29) is 36.2 Å². The van der Waals surface area contributed by atoms with E-state index in [0.717, 1.165) is 11.3 Å². The number of aliphatic hydroxyl groups is 1. The molecule has 0 saturated carbocycles. The van der Waals surface area contributed by atoms with Crippen molar-refractivity contribution in [1.29, 1.82) is 0 Å². The van der Waals surface area contributed by atoms with Crippen molar-refractivity contribution in [3.63, 3.8) is 0 Å². The molecular formula is C29H35FN4O5. The number of piperidine rings is 1. The third kappa shape index (κ3) is 6.11. The quantitative estimate of drug-likeness (QED) is 0.405. The fourth-order valence-electron chi connectivity index (χ4n) is 5.00. The molecule has 9 nitrogen and oxygen atoms in total. The van der Waals surface area contributed by atoms with Crippen molar-refractivity contribution < 1.29 is 28.6 Å². The van der Waals surface area contributed by atoms with Crippen LogP contribution in [0.2, 0.25) is 0 Å². The first-order valence-electron chi connectivity index (χ1n) is 13.3. The Balaban J connectivity index is 1.66. The number of carbonyl (C=O) groups is 3. The molecule has 2 aromatic heterocycles. The lowest BCUT2D eigenvalue weighted by Crippen LogP contribution is -2.47. The van der Waals surface area contributed by atoms with Gasteiger partial charge in [0.15, 0.2) is 17.2 Å². The van der Waals surface area contributed by atoms with Crippen LogP contribution in [0.5, 0.6) is 5.75 Å². The number of hydrogen-bond donors (Lipinski definition) is 2. The molecule has 0 bridgehead atoms.